The van der Waals surface area contributed by atoms with E-state index in [1.54, 1.807) is 12.1 Å². The van der Waals surface area contributed by atoms with Gasteiger partial charge in [-0.05, 0) is 48.4 Å². The molecule has 0 bridgehead atoms. The highest BCUT2D eigenvalue weighted by Gasteiger charge is 2.34. The van der Waals surface area contributed by atoms with Crippen molar-refractivity contribution in [1.82, 2.24) is 4.90 Å². The van der Waals surface area contributed by atoms with Crippen molar-refractivity contribution in [3.63, 3.8) is 0 Å². The molecule has 2 aliphatic rings. The summed E-state index contributed by atoms with van der Waals surface area (Å²) < 4.78 is 6.06. The molecule has 6 heteroatoms. The minimum absolute atomic E-state index is 0.140. The molecule has 0 aliphatic carbocycles. The lowest BCUT2D eigenvalue weighted by atomic mass is 9.99. The third kappa shape index (κ3) is 4.34. The number of carbonyl (C=O) groups is 1. The van der Waals surface area contributed by atoms with Gasteiger partial charge < -0.3 is 14.7 Å². The maximum Gasteiger partial charge on any atom is 0.232 e. The van der Waals surface area contributed by atoms with Crippen molar-refractivity contribution in [1.29, 1.82) is 0 Å². The Hall–Kier alpha value is -3.28. The number of rotatable bonds is 4. The molecule has 0 amide bonds. The summed E-state index contributed by atoms with van der Waals surface area (Å²) in [7, 11) is 0. The minimum Gasteiger partial charge on any atom is -0.507 e. The van der Waals surface area contributed by atoms with Crippen LogP contribution in [0, 0.1) is 6.92 Å². The van der Waals surface area contributed by atoms with E-state index in [4.69, 9.17) is 16.3 Å². The fourth-order valence-electron chi connectivity index (χ4n) is 4.49. The molecule has 5 rings (SSSR count). The fraction of sp³-hybridized carbons (Fsp3) is 0.222. The van der Waals surface area contributed by atoms with E-state index >= 15 is 0 Å². The van der Waals surface area contributed by atoms with Crippen LogP contribution in [-0.2, 0) is 6.54 Å². The van der Waals surface area contributed by atoms with Crippen molar-refractivity contribution in [3.05, 3.63) is 93.7 Å². The number of hydrogen-bond acceptors (Lipinski definition) is 5. The van der Waals surface area contributed by atoms with E-state index in [0.29, 0.717) is 23.4 Å². The minimum atomic E-state index is -0.140. The molecule has 2 aliphatic heterocycles. The van der Waals surface area contributed by atoms with Gasteiger partial charge in [0.25, 0.3) is 0 Å². The molecule has 0 spiro atoms. The van der Waals surface area contributed by atoms with Gasteiger partial charge in [-0.2, -0.15) is 0 Å². The van der Waals surface area contributed by atoms with Gasteiger partial charge in [0.15, 0.2) is 5.76 Å². The van der Waals surface area contributed by atoms with Crippen molar-refractivity contribution in [2.45, 2.75) is 13.5 Å². The highest BCUT2D eigenvalue weighted by molar-refractivity contribution is 6.30. The number of benzene rings is 3. The van der Waals surface area contributed by atoms with Gasteiger partial charge in [0.1, 0.15) is 11.5 Å². The van der Waals surface area contributed by atoms with Gasteiger partial charge in [0.05, 0.1) is 11.1 Å². The molecule has 3 aromatic carbocycles. The largest absolute Gasteiger partial charge is 0.507 e. The normalized spacial score (nSPS) is 17.3. The van der Waals surface area contributed by atoms with Crippen LogP contribution in [0.15, 0.2) is 66.4 Å². The summed E-state index contributed by atoms with van der Waals surface area (Å²) in [5.41, 5.74) is 3.94. The predicted octanol–water partition coefficient (Wildman–Crippen LogP) is 5.29. The summed E-state index contributed by atoms with van der Waals surface area (Å²) in [6.45, 7) is 5.72. The number of aryl methyl sites for hydroxylation is 1. The fourth-order valence-corrected chi connectivity index (χ4v) is 4.68. The molecule has 1 N–H and O–H groups in total. The first kappa shape index (κ1) is 21.6. The van der Waals surface area contributed by atoms with Crippen LogP contribution in [0.4, 0.5) is 5.69 Å². The molecule has 5 nitrogen and oxygen atoms in total. The van der Waals surface area contributed by atoms with E-state index in [1.807, 2.05) is 55.5 Å². The molecule has 3 aromatic rings. The molecule has 0 radical (unpaired) electrons. The predicted molar refractivity (Wildman–Crippen MR) is 131 cm³/mol. The number of ether oxygens (including phenoxy) is 1. The molecule has 33 heavy (non-hydrogen) atoms. The van der Waals surface area contributed by atoms with Gasteiger partial charge in [0, 0.05) is 43.4 Å². The molecule has 0 unspecified atom stereocenters. The van der Waals surface area contributed by atoms with E-state index in [1.165, 1.54) is 0 Å². The van der Waals surface area contributed by atoms with E-state index < -0.39 is 0 Å². The van der Waals surface area contributed by atoms with Crippen LogP contribution in [0.5, 0.6) is 11.5 Å². The van der Waals surface area contributed by atoms with Crippen molar-refractivity contribution in [2.75, 3.05) is 31.1 Å². The topological polar surface area (TPSA) is 53.0 Å². The molecule has 1 fully saturated rings. The average Bonchev–Trinajstić information content (AvgIpc) is 3.14. The summed E-state index contributed by atoms with van der Waals surface area (Å²) in [5.74, 6) is 0.796. The Morgan fingerprint density at radius 2 is 1.79 bits per heavy atom. The number of piperazine rings is 1. The highest BCUT2D eigenvalue weighted by atomic mass is 35.5. The molecular weight excluding hydrogens is 436 g/mol. The third-order valence-electron chi connectivity index (χ3n) is 6.25. The van der Waals surface area contributed by atoms with Crippen molar-refractivity contribution >= 4 is 29.1 Å². The number of nitrogens with zero attached hydrogens (tertiary/aromatic N) is 2. The summed E-state index contributed by atoms with van der Waals surface area (Å²) in [6.07, 6.45) is 1.76. The quantitative estimate of drug-likeness (QED) is 0.536. The second-order valence-electron chi connectivity index (χ2n) is 8.49. The SMILES string of the molecule is Cc1cc(O)c(CN2CCN(c3cccc(Cl)c3)CC2)c2c1C(=O)/C(=C/c1ccccc1)O2. The molecule has 168 valence electrons. The standard InChI is InChI=1S/C27H25ClN2O3/c1-18-14-23(31)22(17-29-10-12-30(13-11-29)21-9-5-8-20(28)16-21)27-25(18)26(32)24(33-27)15-19-6-3-2-4-7-19/h2-9,14-16,31H,10-13,17H2,1H3/b24-15-. The van der Waals surface area contributed by atoms with E-state index in [-0.39, 0.29) is 17.3 Å². The second-order valence-corrected chi connectivity index (χ2v) is 8.93. The number of halogens is 1. The number of phenolic OH excluding ortho intramolecular Hbond substituents is 1. The Balaban J connectivity index is 1.36. The molecular formula is C27H25ClN2O3. The Kier molecular flexibility index (Phi) is 5.83. The average molecular weight is 461 g/mol. The van der Waals surface area contributed by atoms with Gasteiger partial charge in [-0.15, -0.1) is 0 Å². The summed E-state index contributed by atoms with van der Waals surface area (Å²) in [5, 5.41) is 11.5. The second kappa shape index (κ2) is 8.93. The van der Waals surface area contributed by atoms with Crippen LogP contribution in [0.3, 0.4) is 0 Å². The van der Waals surface area contributed by atoms with Gasteiger partial charge in [0.2, 0.25) is 5.78 Å². The van der Waals surface area contributed by atoms with Crippen LogP contribution in [-0.4, -0.2) is 42.0 Å². The zero-order chi connectivity index (χ0) is 22.9. The van der Waals surface area contributed by atoms with E-state index in [9.17, 15) is 9.90 Å². The molecule has 0 saturated carbocycles. The van der Waals surface area contributed by atoms with Crippen LogP contribution in [0.25, 0.3) is 6.08 Å². The lowest BCUT2D eigenvalue weighted by Gasteiger charge is -2.36. The number of fused-ring (bicyclic) bond motifs is 1. The Bertz CT molecular complexity index is 1230. The van der Waals surface area contributed by atoms with Crippen molar-refractivity contribution in [3.8, 4) is 11.5 Å². The van der Waals surface area contributed by atoms with Crippen molar-refractivity contribution < 1.29 is 14.6 Å². The Labute approximate surface area is 198 Å². The third-order valence-corrected chi connectivity index (χ3v) is 6.48. The van der Waals surface area contributed by atoms with Crippen molar-refractivity contribution in [2.24, 2.45) is 0 Å². The van der Waals surface area contributed by atoms with E-state index in [0.717, 1.165) is 48.0 Å². The molecule has 0 atom stereocenters. The number of anilines is 1. The number of Topliss-reactive ketones (excluding diaryl/α,β-unsaturated/α-hetero) is 1. The zero-order valence-electron chi connectivity index (χ0n) is 18.4. The molecule has 0 aromatic heterocycles. The lowest BCUT2D eigenvalue weighted by molar-refractivity contribution is 0.101. The van der Waals surface area contributed by atoms with Crippen LogP contribution >= 0.6 is 11.6 Å². The monoisotopic (exact) mass is 460 g/mol. The summed E-state index contributed by atoms with van der Waals surface area (Å²) >= 11 is 6.15. The maximum atomic E-state index is 13.1. The number of allylic oxidation sites excluding steroid dienone is 1. The van der Waals surface area contributed by atoms with Gasteiger partial charge in [-0.3, -0.25) is 9.69 Å². The maximum absolute atomic E-state index is 13.1. The van der Waals surface area contributed by atoms with Crippen LogP contribution in [0.1, 0.15) is 27.0 Å². The Morgan fingerprint density at radius 3 is 2.52 bits per heavy atom. The molecule has 2 heterocycles. The van der Waals surface area contributed by atoms with E-state index in [2.05, 4.69) is 15.9 Å². The van der Waals surface area contributed by atoms with Crippen LogP contribution < -0.4 is 9.64 Å². The van der Waals surface area contributed by atoms with Crippen LogP contribution in [0.2, 0.25) is 5.02 Å². The summed E-state index contributed by atoms with van der Waals surface area (Å²) in [4.78, 5) is 17.7. The first-order valence-corrected chi connectivity index (χ1v) is 11.4. The summed E-state index contributed by atoms with van der Waals surface area (Å²) in [6, 6.07) is 19.2. The Morgan fingerprint density at radius 1 is 1.03 bits per heavy atom. The van der Waals surface area contributed by atoms with Gasteiger partial charge in [-0.25, -0.2) is 0 Å². The smallest absolute Gasteiger partial charge is 0.232 e. The first-order chi connectivity index (χ1) is 16.0. The van der Waals surface area contributed by atoms with Gasteiger partial charge in [-0.1, -0.05) is 48.0 Å². The number of carbonyl (C=O) groups excluding carboxylic acids is 1. The lowest BCUT2D eigenvalue weighted by Crippen LogP contribution is -2.46. The number of aromatic hydroxyl groups is 1. The number of hydrogen-bond donors (Lipinski definition) is 1. The number of ketones is 1. The first-order valence-electron chi connectivity index (χ1n) is 11.1. The highest BCUT2D eigenvalue weighted by Crippen LogP contribution is 2.42. The zero-order valence-corrected chi connectivity index (χ0v) is 19.2. The number of phenols is 1. The molecule has 1 saturated heterocycles. The van der Waals surface area contributed by atoms with Gasteiger partial charge >= 0.3 is 0 Å².